The van der Waals surface area contributed by atoms with Gasteiger partial charge in [0.25, 0.3) is 0 Å². The summed E-state index contributed by atoms with van der Waals surface area (Å²) in [5, 5.41) is 0. The van der Waals surface area contributed by atoms with Gasteiger partial charge in [-0.05, 0) is 53.1 Å². The molecule has 0 amide bonds. The molecule has 0 bridgehead atoms. The molecule has 2 aliphatic heterocycles. The number of rotatable bonds is 8. The minimum absolute atomic E-state index is 0.0338. The van der Waals surface area contributed by atoms with Gasteiger partial charge in [0, 0.05) is 11.8 Å². The molecule has 4 unspecified atom stereocenters. The van der Waals surface area contributed by atoms with Crippen molar-refractivity contribution in [2.24, 2.45) is 0 Å². The zero-order valence-corrected chi connectivity index (χ0v) is 19.4. The summed E-state index contributed by atoms with van der Waals surface area (Å²) in [6.07, 6.45) is 7.64. The number of benzene rings is 2. The van der Waals surface area contributed by atoms with Gasteiger partial charge in [-0.15, -0.1) is 0 Å². The van der Waals surface area contributed by atoms with Crippen LogP contribution in [-0.2, 0) is 14.9 Å². The molecule has 3 aliphatic rings. The SMILES string of the molecule is CC(C)(C)c1cc(C2C=CC(c3ccc(OCC4CO4)cc3)CC2)ccc1OCC1CO1. The van der Waals surface area contributed by atoms with Gasteiger partial charge >= 0.3 is 0 Å². The molecule has 5 rings (SSSR count). The van der Waals surface area contributed by atoms with Crippen molar-refractivity contribution in [1.29, 1.82) is 0 Å². The third kappa shape index (κ3) is 5.36. The van der Waals surface area contributed by atoms with E-state index in [0.717, 1.165) is 37.6 Å². The molecule has 2 saturated heterocycles. The Hall–Kier alpha value is -2.30. The number of ether oxygens (including phenoxy) is 4. The molecule has 2 heterocycles. The quantitative estimate of drug-likeness (QED) is 0.392. The van der Waals surface area contributed by atoms with Gasteiger partial charge in [0.15, 0.2) is 0 Å². The van der Waals surface area contributed by atoms with E-state index in [-0.39, 0.29) is 11.5 Å². The largest absolute Gasteiger partial charge is 0.491 e. The smallest absolute Gasteiger partial charge is 0.123 e. The topological polar surface area (TPSA) is 43.5 Å². The summed E-state index contributed by atoms with van der Waals surface area (Å²) in [7, 11) is 0. The first kappa shape index (κ1) is 21.5. The number of epoxide rings is 2. The molecular weight excluding hydrogens is 400 g/mol. The van der Waals surface area contributed by atoms with E-state index in [1.807, 2.05) is 0 Å². The summed E-state index contributed by atoms with van der Waals surface area (Å²) < 4.78 is 22.4. The third-order valence-electron chi connectivity index (χ3n) is 6.58. The Kier molecular flexibility index (Phi) is 6.00. The van der Waals surface area contributed by atoms with Crippen LogP contribution in [0.1, 0.15) is 62.1 Å². The second kappa shape index (κ2) is 8.92. The lowest BCUT2D eigenvalue weighted by molar-refractivity contribution is 0.258. The number of hydrogen-bond donors (Lipinski definition) is 0. The first-order chi connectivity index (χ1) is 15.5. The predicted octanol–water partition coefficient (Wildman–Crippen LogP) is 5.76. The summed E-state index contributed by atoms with van der Waals surface area (Å²) in [6, 6.07) is 15.3. The van der Waals surface area contributed by atoms with Crippen LogP contribution in [0.3, 0.4) is 0 Å². The molecule has 4 nitrogen and oxygen atoms in total. The molecule has 0 N–H and O–H groups in total. The highest BCUT2D eigenvalue weighted by atomic mass is 16.6. The zero-order valence-electron chi connectivity index (χ0n) is 19.4. The molecular formula is C28H34O4. The van der Waals surface area contributed by atoms with Crippen LogP contribution in [0, 0.1) is 0 Å². The first-order valence-electron chi connectivity index (χ1n) is 11.9. The Balaban J connectivity index is 1.25. The highest BCUT2D eigenvalue weighted by molar-refractivity contribution is 5.44. The number of hydrogen-bond acceptors (Lipinski definition) is 4. The van der Waals surface area contributed by atoms with Crippen LogP contribution in [0.2, 0.25) is 0 Å². The summed E-state index contributed by atoms with van der Waals surface area (Å²) >= 11 is 0. The summed E-state index contributed by atoms with van der Waals surface area (Å²) in [5.74, 6) is 2.83. The van der Waals surface area contributed by atoms with Crippen LogP contribution >= 0.6 is 0 Å². The molecule has 4 atom stereocenters. The second-order valence-electron chi connectivity index (χ2n) is 10.3. The lowest BCUT2D eigenvalue weighted by Gasteiger charge is -2.27. The molecule has 32 heavy (non-hydrogen) atoms. The maximum atomic E-state index is 6.09. The first-order valence-corrected chi connectivity index (χ1v) is 11.9. The molecule has 0 saturated carbocycles. The van der Waals surface area contributed by atoms with Crippen molar-refractivity contribution in [1.82, 2.24) is 0 Å². The molecule has 4 heteroatoms. The maximum Gasteiger partial charge on any atom is 0.123 e. The molecule has 0 spiro atoms. The molecule has 0 radical (unpaired) electrons. The molecule has 2 aromatic rings. The van der Waals surface area contributed by atoms with Crippen molar-refractivity contribution < 1.29 is 18.9 Å². The van der Waals surface area contributed by atoms with Crippen LogP contribution in [0.25, 0.3) is 0 Å². The lowest BCUT2D eigenvalue weighted by atomic mass is 9.79. The van der Waals surface area contributed by atoms with Gasteiger partial charge in [0.2, 0.25) is 0 Å². The van der Waals surface area contributed by atoms with Crippen molar-refractivity contribution in [3.63, 3.8) is 0 Å². The van der Waals surface area contributed by atoms with Crippen LogP contribution in [-0.4, -0.2) is 38.6 Å². The molecule has 1 aliphatic carbocycles. The average Bonchev–Trinajstić information content (AvgIpc) is 3.71. The summed E-state index contributed by atoms with van der Waals surface area (Å²) in [5.41, 5.74) is 4.05. The van der Waals surface area contributed by atoms with Crippen LogP contribution in [0.5, 0.6) is 11.5 Å². The lowest BCUT2D eigenvalue weighted by Crippen LogP contribution is -2.16. The average molecular weight is 435 g/mol. The monoisotopic (exact) mass is 434 g/mol. The van der Waals surface area contributed by atoms with Crippen LogP contribution in [0.4, 0.5) is 0 Å². The molecule has 2 fully saturated rings. The predicted molar refractivity (Wildman–Crippen MR) is 126 cm³/mol. The van der Waals surface area contributed by atoms with Crippen molar-refractivity contribution in [2.75, 3.05) is 26.4 Å². The van der Waals surface area contributed by atoms with Gasteiger partial charge < -0.3 is 18.9 Å². The van der Waals surface area contributed by atoms with E-state index in [9.17, 15) is 0 Å². The van der Waals surface area contributed by atoms with Gasteiger partial charge in [-0.25, -0.2) is 0 Å². The van der Waals surface area contributed by atoms with E-state index in [4.69, 9.17) is 18.9 Å². The van der Waals surface area contributed by atoms with E-state index in [2.05, 4.69) is 75.4 Å². The fourth-order valence-corrected chi connectivity index (χ4v) is 4.38. The fraction of sp³-hybridized carbons (Fsp3) is 0.500. The van der Waals surface area contributed by atoms with Crippen molar-refractivity contribution in [3.8, 4) is 11.5 Å². The van der Waals surface area contributed by atoms with E-state index in [0.29, 0.717) is 31.2 Å². The summed E-state index contributed by atoms with van der Waals surface area (Å²) in [6.45, 7) is 9.71. The van der Waals surface area contributed by atoms with Gasteiger partial charge in [0.1, 0.15) is 36.9 Å². The Morgan fingerprint density at radius 1 is 0.781 bits per heavy atom. The Bertz CT molecular complexity index is 948. The molecule has 170 valence electrons. The van der Waals surface area contributed by atoms with Gasteiger partial charge in [-0.2, -0.15) is 0 Å². The Morgan fingerprint density at radius 3 is 1.91 bits per heavy atom. The van der Waals surface area contributed by atoms with Crippen molar-refractivity contribution >= 4 is 0 Å². The van der Waals surface area contributed by atoms with Crippen LogP contribution < -0.4 is 9.47 Å². The normalized spacial score (nSPS) is 26.6. The minimum Gasteiger partial charge on any atom is -0.491 e. The maximum absolute atomic E-state index is 6.09. The fourth-order valence-electron chi connectivity index (χ4n) is 4.38. The number of allylic oxidation sites excluding steroid dienone is 2. The van der Waals surface area contributed by atoms with E-state index in [1.165, 1.54) is 16.7 Å². The summed E-state index contributed by atoms with van der Waals surface area (Å²) in [4.78, 5) is 0. The third-order valence-corrected chi connectivity index (χ3v) is 6.58. The van der Waals surface area contributed by atoms with Gasteiger partial charge in [0.05, 0.1) is 13.2 Å². The second-order valence-corrected chi connectivity index (χ2v) is 10.3. The van der Waals surface area contributed by atoms with Gasteiger partial charge in [-0.3, -0.25) is 0 Å². The Morgan fingerprint density at radius 2 is 1.34 bits per heavy atom. The van der Waals surface area contributed by atoms with Crippen molar-refractivity contribution in [2.45, 2.75) is 63.1 Å². The molecule has 0 aromatic heterocycles. The van der Waals surface area contributed by atoms with Crippen molar-refractivity contribution in [3.05, 3.63) is 71.3 Å². The zero-order chi connectivity index (χ0) is 22.1. The van der Waals surface area contributed by atoms with E-state index in [1.54, 1.807) is 0 Å². The van der Waals surface area contributed by atoms with Gasteiger partial charge in [-0.1, -0.05) is 57.2 Å². The minimum atomic E-state index is 0.0338. The van der Waals surface area contributed by atoms with E-state index < -0.39 is 0 Å². The Labute approximate surface area is 191 Å². The van der Waals surface area contributed by atoms with E-state index >= 15 is 0 Å². The van der Waals surface area contributed by atoms with Crippen LogP contribution in [0.15, 0.2) is 54.6 Å². The molecule has 2 aromatic carbocycles. The standard InChI is InChI=1S/C28H34O4/c1-28(2,3)26-14-22(10-13-27(26)32-18-25-17-31-25)21-6-4-19(5-7-21)20-8-11-23(12-9-20)29-15-24-16-30-24/h4,6,8-14,19,21,24-25H,5,7,15-18H2,1-3H3. The highest BCUT2D eigenvalue weighted by Crippen LogP contribution is 2.39. The highest BCUT2D eigenvalue weighted by Gasteiger charge is 2.27.